The van der Waals surface area contributed by atoms with Gasteiger partial charge >= 0.3 is 12.4 Å². The zero-order valence-corrected chi connectivity index (χ0v) is 44.5. The zero-order valence-electron chi connectivity index (χ0n) is 41.2. The molecule has 1 N–H and O–H groups in total. The highest BCUT2D eigenvalue weighted by molar-refractivity contribution is 7.93. The van der Waals surface area contributed by atoms with Gasteiger partial charge in [-0.15, -0.1) is 20.4 Å². The van der Waals surface area contributed by atoms with Crippen molar-refractivity contribution in [3.63, 3.8) is 0 Å². The monoisotopic (exact) mass is 1150 g/mol. The second kappa shape index (κ2) is 24.9. The number of anilines is 2. The molecule has 2 aromatic heterocycles. The molecule has 0 saturated heterocycles. The maximum absolute atomic E-state index is 13.7. The number of ether oxygens (including phenoxy) is 5. The van der Waals surface area contributed by atoms with Crippen LogP contribution in [0, 0.1) is 19.7 Å². The summed E-state index contributed by atoms with van der Waals surface area (Å²) in [5.41, 5.74) is 3.13. The van der Waals surface area contributed by atoms with E-state index in [0.29, 0.717) is 51.3 Å². The number of hydrogen-bond donors (Lipinski definition) is 1. The first kappa shape index (κ1) is 58.5. The first-order chi connectivity index (χ1) is 36.3. The minimum absolute atomic E-state index is 0.0185. The van der Waals surface area contributed by atoms with Crippen LogP contribution in [0.4, 0.5) is 41.0 Å². The maximum atomic E-state index is 13.7. The van der Waals surface area contributed by atoms with Crippen molar-refractivity contribution >= 4 is 53.0 Å². The Labute approximate surface area is 445 Å². The second-order valence-electron chi connectivity index (χ2n) is 15.9. The first-order valence-corrected chi connectivity index (χ1v) is 26.6. The Balaban J connectivity index is 0.000000213. The molecule has 0 amide bonds. The molecular formula is C50H45F7N6O10S4. The molecule has 0 spiro atoms. The highest BCUT2D eigenvalue weighted by Crippen LogP contribution is 2.37. The molecule has 0 bridgehead atoms. The lowest BCUT2D eigenvalue weighted by Gasteiger charge is -2.22. The summed E-state index contributed by atoms with van der Waals surface area (Å²) in [5.74, 6) is 1.29. The quantitative estimate of drug-likeness (QED) is 0.0898. The van der Waals surface area contributed by atoms with Crippen molar-refractivity contribution in [1.82, 2.24) is 20.4 Å². The normalized spacial score (nSPS) is 11.5. The van der Waals surface area contributed by atoms with E-state index < -0.39 is 49.3 Å². The number of sulfonamides is 2. The molecular weight excluding hydrogens is 1110 g/mol. The number of methoxy groups -OCH3 is 4. The van der Waals surface area contributed by atoms with Gasteiger partial charge in [-0.2, -0.15) is 26.3 Å². The van der Waals surface area contributed by atoms with Gasteiger partial charge in [0.1, 0.15) is 57.1 Å². The molecule has 0 aliphatic rings. The van der Waals surface area contributed by atoms with E-state index in [4.69, 9.17) is 28.8 Å². The van der Waals surface area contributed by atoms with Crippen molar-refractivity contribution in [2.75, 3.05) is 37.0 Å². The second-order valence-corrected chi connectivity index (χ2v) is 21.3. The number of alkyl halides is 6. The molecule has 27 heteroatoms. The van der Waals surface area contributed by atoms with Gasteiger partial charge in [-0.3, -0.25) is 0 Å². The zero-order chi connectivity index (χ0) is 56.3. The fourth-order valence-corrected chi connectivity index (χ4v) is 11.3. The summed E-state index contributed by atoms with van der Waals surface area (Å²) < 4.78 is 171. The van der Waals surface area contributed by atoms with Crippen molar-refractivity contribution < 1.29 is 76.4 Å². The van der Waals surface area contributed by atoms with Gasteiger partial charge in [0.05, 0.1) is 62.4 Å². The number of rotatable bonds is 16. The van der Waals surface area contributed by atoms with Gasteiger partial charge < -0.3 is 28.8 Å². The van der Waals surface area contributed by atoms with Gasteiger partial charge in [-0.05, 0) is 134 Å². The third-order valence-corrected chi connectivity index (χ3v) is 15.7. The van der Waals surface area contributed by atoms with E-state index in [1.807, 2.05) is 0 Å². The summed E-state index contributed by atoms with van der Waals surface area (Å²) in [4.78, 5) is -0.126. The lowest BCUT2D eigenvalue weighted by molar-refractivity contribution is -0.138. The Morgan fingerprint density at radius 1 is 0.519 bits per heavy atom. The van der Waals surface area contributed by atoms with Gasteiger partial charge in [0.25, 0.3) is 20.0 Å². The smallest absolute Gasteiger partial charge is 0.416 e. The maximum Gasteiger partial charge on any atom is 0.416 e. The van der Waals surface area contributed by atoms with E-state index in [0.717, 1.165) is 61.6 Å². The van der Waals surface area contributed by atoms with E-state index >= 15 is 0 Å². The Morgan fingerprint density at radius 2 is 0.935 bits per heavy atom. The van der Waals surface area contributed by atoms with Crippen LogP contribution in [-0.4, -0.2) is 70.8 Å². The van der Waals surface area contributed by atoms with Gasteiger partial charge in [-0.25, -0.2) is 29.8 Å². The molecule has 77 heavy (non-hydrogen) atoms. The highest BCUT2D eigenvalue weighted by Gasteiger charge is 2.33. The summed E-state index contributed by atoms with van der Waals surface area (Å²) in [6.45, 7) is 2.88. The number of aromatic nitrogens is 4. The average molecular weight is 1150 g/mol. The van der Waals surface area contributed by atoms with Crippen molar-refractivity contribution in [3.8, 4) is 40.2 Å². The van der Waals surface area contributed by atoms with Crippen LogP contribution in [0.3, 0.4) is 0 Å². The number of nitrogens with zero attached hydrogens (tertiary/aromatic N) is 6. The third-order valence-electron chi connectivity index (χ3n) is 10.6. The van der Waals surface area contributed by atoms with Gasteiger partial charge in [0.15, 0.2) is 0 Å². The highest BCUT2D eigenvalue weighted by atomic mass is 32.2. The number of phenols is 1. The molecule has 0 aliphatic heterocycles. The average Bonchev–Trinajstić information content (AvgIpc) is 4.13. The van der Waals surface area contributed by atoms with Crippen molar-refractivity contribution in [1.29, 1.82) is 0 Å². The van der Waals surface area contributed by atoms with Crippen molar-refractivity contribution in [3.05, 3.63) is 172 Å². The lowest BCUT2D eigenvalue weighted by Crippen LogP contribution is -2.30. The summed E-state index contributed by atoms with van der Waals surface area (Å²) in [5, 5.41) is 24.5. The Bertz CT molecular complexity index is 3450. The molecule has 8 aromatic rings. The first-order valence-electron chi connectivity index (χ1n) is 22.0. The summed E-state index contributed by atoms with van der Waals surface area (Å²) in [7, 11) is -2.14. The van der Waals surface area contributed by atoms with Crippen molar-refractivity contribution in [2.45, 2.75) is 49.1 Å². The van der Waals surface area contributed by atoms with Crippen molar-refractivity contribution in [2.24, 2.45) is 0 Å². The summed E-state index contributed by atoms with van der Waals surface area (Å²) >= 11 is 2.13. The predicted molar refractivity (Wildman–Crippen MR) is 273 cm³/mol. The minimum Gasteiger partial charge on any atom is -0.508 e. The molecule has 0 atom stereocenters. The molecule has 8 rings (SSSR count). The van der Waals surface area contributed by atoms with Gasteiger partial charge in [0.2, 0.25) is 10.3 Å². The topological polar surface area (TPSA) is 193 Å². The largest absolute Gasteiger partial charge is 0.508 e. The van der Waals surface area contributed by atoms with E-state index in [9.17, 15) is 47.6 Å². The van der Waals surface area contributed by atoms with Crippen LogP contribution in [0.25, 0.3) is 0 Å². The van der Waals surface area contributed by atoms with Crippen LogP contribution < -0.4 is 32.3 Å². The van der Waals surface area contributed by atoms with Crippen LogP contribution in [0.5, 0.6) is 40.2 Å². The minimum atomic E-state index is -4.53. The molecule has 408 valence electrons. The van der Waals surface area contributed by atoms with E-state index in [-0.39, 0.29) is 50.4 Å². The number of aromatic hydroxyl groups is 1. The molecule has 0 unspecified atom stereocenters. The predicted octanol–water partition coefficient (Wildman–Crippen LogP) is 11.9. The molecule has 0 fully saturated rings. The van der Waals surface area contributed by atoms with Crippen LogP contribution in [0.15, 0.2) is 142 Å². The molecule has 0 saturated carbocycles. The SMILES string of the molecule is COc1ccc(CN(c2nncs2)S(=O)(=O)c2ccc(F)cc2)c(OC)c1.COc1ccc(CN(c2nncs2)S(=O)(=O)c2ccc(Oc3cc(C)cc(C(F)(F)F)c3)cc2)c(OC)c1.Cc1cc(O)cc(C(F)(F)F)c1. The van der Waals surface area contributed by atoms with E-state index in [2.05, 4.69) is 20.4 Å². The fourth-order valence-electron chi connectivity index (χ4n) is 6.91. The molecule has 2 heterocycles. The van der Waals surface area contributed by atoms with Crippen LogP contribution in [-0.2, 0) is 45.5 Å². The van der Waals surface area contributed by atoms with Gasteiger partial charge in [-0.1, -0.05) is 22.7 Å². The Kier molecular flexibility index (Phi) is 19.0. The van der Waals surface area contributed by atoms with Crippen LogP contribution in [0.2, 0.25) is 0 Å². The third kappa shape index (κ3) is 15.2. The standard InChI is InChI=1S/C25H22F3N3O5S2.C17H16FN3O4S2.C8H7F3O/c1-16-10-18(25(26,27)28)12-21(11-16)36-19-6-8-22(9-7-19)38(32,33)31(24-30-29-15-37-24)14-17-4-5-20(34-2)13-23(17)35-3;1-24-14-6-3-12(16(9-14)25-2)10-21(17-20-19-11-26-17)27(22,23)15-7-4-13(18)5-8-15;1-5-2-6(8(9,10)11)4-7(12)3-5/h4-13,15H,14H2,1-3H3;3-9,11H,10H2,1-2H3;2-4,12H,1H3. The fraction of sp³-hybridized carbons (Fsp3) is 0.200. The summed E-state index contributed by atoms with van der Waals surface area (Å²) in [6.07, 6.45) is -8.91. The number of benzene rings is 6. The lowest BCUT2D eigenvalue weighted by atomic mass is 10.1. The Morgan fingerprint density at radius 3 is 1.32 bits per heavy atom. The summed E-state index contributed by atoms with van der Waals surface area (Å²) in [6, 6.07) is 26.4. The Hall–Kier alpha value is -7.75. The number of halogens is 7. The van der Waals surface area contributed by atoms with E-state index in [1.165, 1.54) is 102 Å². The van der Waals surface area contributed by atoms with Crippen LogP contribution in [0.1, 0.15) is 33.4 Å². The van der Waals surface area contributed by atoms with Crippen LogP contribution >= 0.6 is 22.7 Å². The number of aryl methyl sites for hydroxylation is 2. The number of phenolic OH excluding ortho intramolecular Hbond substituents is 1. The van der Waals surface area contributed by atoms with Gasteiger partial charge in [0, 0.05) is 23.3 Å². The molecule has 0 radical (unpaired) electrons. The molecule has 0 aliphatic carbocycles. The number of hydrogen-bond acceptors (Lipinski definition) is 16. The van der Waals surface area contributed by atoms with E-state index in [1.54, 1.807) is 36.4 Å². The molecule has 16 nitrogen and oxygen atoms in total. The molecule has 6 aromatic carbocycles.